The third kappa shape index (κ3) is 6.11. The molecular formula is C25H33N5O2. The second-order valence-electron chi connectivity index (χ2n) is 7.70. The minimum absolute atomic E-state index is 0.517. The van der Waals surface area contributed by atoms with Crippen LogP contribution in [-0.4, -0.2) is 43.1 Å². The second kappa shape index (κ2) is 11.3. The van der Waals surface area contributed by atoms with Gasteiger partial charge < -0.3 is 20.1 Å². The number of hydrogen-bond acceptors (Lipinski definition) is 4. The van der Waals surface area contributed by atoms with Crippen molar-refractivity contribution >= 4 is 5.96 Å². The van der Waals surface area contributed by atoms with Gasteiger partial charge in [0, 0.05) is 38.5 Å². The molecule has 2 aromatic carbocycles. The van der Waals surface area contributed by atoms with Crippen molar-refractivity contribution in [3.8, 4) is 11.4 Å². The van der Waals surface area contributed by atoms with Crippen molar-refractivity contribution in [2.45, 2.75) is 33.9 Å². The predicted molar refractivity (Wildman–Crippen MR) is 129 cm³/mol. The molecule has 170 valence electrons. The number of benzene rings is 2. The van der Waals surface area contributed by atoms with E-state index in [9.17, 15) is 0 Å². The van der Waals surface area contributed by atoms with Gasteiger partial charge in [-0.2, -0.15) is 5.10 Å². The molecule has 0 unspecified atom stereocenters. The lowest BCUT2D eigenvalue weighted by Crippen LogP contribution is -2.36. The van der Waals surface area contributed by atoms with Crippen molar-refractivity contribution in [1.29, 1.82) is 0 Å². The zero-order valence-corrected chi connectivity index (χ0v) is 19.6. The van der Waals surface area contributed by atoms with Crippen LogP contribution in [0.5, 0.6) is 5.75 Å². The van der Waals surface area contributed by atoms with Crippen LogP contribution in [0.4, 0.5) is 0 Å². The Kier molecular flexibility index (Phi) is 8.27. The van der Waals surface area contributed by atoms with Crippen LogP contribution in [0.25, 0.3) is 5.69 Å². The van der Waals surface area contributed by atoms with Crippen molar-refractivity contribution in [1.82, 2.24) is 20.4 Å². The molecule has 3 rings (SSSR count). The molecule has 0 aliphatic heterocycles. The van der Waals surface area contributed by atoms with E-state index in [0.717, 1.165) is 45.5 Å². The number of aliphatic imine (C=N–C) groups is 1. The van der Waals surface area contributed by atoms with Crippen LogP contribution in [0.1, 0.15) is 28.1 Å². The Bertz CT molecular complexity index is 1060. The van der Waals surface area contributed by atoms with Crippen LogP contribution in [0, 0.1) is 20.8 Å². The molecule has 0 bridgehead atoms. The number of hydrogen-bond donors (Lipinski definition) is 2. The number of aromatic nitrogens is 2. The van der Waals surface area contributed by atoms with E-state index >= 15 is 0 Å². The first kappa shape index (κ1) is 23.3. The van der Waals surface area contributed by atoms with Crippen molar-refractivity contribution < 1.29 is 9.47 Å². The number of methoxy groups -OCH3 is 1. The molecule has 2 N–H and O–H groups in total. The minimum atomic E-state index is 0.517. The van der Waals surface area contributed by atoms with Gasteiger partial charge in [0.15, 0.2) is 5.96 Å². The highest BCUT2D eigenvalue weighted by Crippen LogP contribution is 2.20. The van der Waals surface area contributed by atoms with Crippen LogP contribution >= 0.6 is 0 Å². The lowest BCUT2D eigenvalue weighted by Gasteiger charge is -2.17. The molecular weight excluding hydrogens is 402 g/mol. The van der Waals surface area contributed by atoms with Gasteiger partial charge in [-0.05, 0) is 50.1 Å². The second-order valence-corrected chi connectivity index (χ2v) is 7.70. The van der Waals surface area contributed by atoms with E-state index in [0.29, 0.717) is 26.3 Å². The zero-order chi connectivity index (χ0) is 22.9. The quantitative estimate of drug-likeness (QED) is 0.305. The number of nitrogens with zero attached hydrogens (tertiary/aromatic N) is 3. The molecule has 0 aliphatic rings. The Hall–Kier alpha value is -3.32. The average Bonchev–Trinajstić information content (AvgIpc) is 3.13. The molecule has 1 heterocycles. The fraction of sp³-hybridized carbons (Fsp3) is 0.360. The molecule has 1 aromatic heterocycles. The van der Waals surface area contributed by atoms with Gasteiger partial charge in [-0.3, -0.25) is 4.99 Å². The largest absolute Gasteiger partial charge is 0.491 e. The van der Waals surface area contributed by atoms with Gasteiger partial charge in [0.2, 0.25) is 0 Å². The first-order valence-corrected chi connectivity index (χ1v) is 10.8. The SMILES string of the molecule is CN=C(NCc1ccc(C)cc1OCCOC)NCc1ccccc1-n1nc(C)cc1C. The highest BCUT2D eigenvalue weighted by Gasteiger charge is 2.10. The van der Waals surface area contributed by atoms with Crippen LogP contribution < -0.4 is 15.4 Å². The van der Waals surface area contributed by atoms with Crippen LogP contribution in [0.3, 0.4) is 0 Å². The van der Waals surface area contributed by atoms with Gasteiger partial charge in [0.1, 0.15) is 12.4 Å². The number of aryl methyl sites for hydroxylation is 3. The first-order valence-electron chi connectivity index (χ1n) is 10.8. The molecule has 0 saturated heterocycles. The Morgan fingerprint density at radius 1 is 0.969 bits per heavy atom. The molecule has 32 heavy (non-hydrogen) atoms. The number of para-hydroxylation sites is 1. The molecule has 0 fully saturated rings. The lowest BCUT2D eigenvalue weighted by atomic mass is 10.1. The van der Waals surface area contributed by atoms with E-state index in [1.54, 1.807) is 14.2 Å². The molecule has 0 radical (unpaired) electrons. The fourth-order valence-corrected chi connectivity index (χ4v) is 3.50. The van der Waals surface area contributed by atoms with Crippen LogP contribution in [0.2, 0.25) is 0 Å². The number of guanidine groups is 1. The highest BCUT2D eigenvalue weighted by molar-refractivity contribution is 5.79. The molecule has 0 spiro atoms. The van der Waals surface area contributed by atoms with Gasteiger partial charge in [0.05, 0.1) is 18.0 Å². The van der Waals surface area contributed by atoms with E-state index in [4.69, 9.17) is 9.47 Å². The number of rotatable bonds is 9. The van der Waals surface area contributed by atoms with E-state index in [-0.39, 0.29) is 0 Å². The number of ether oxygens (including phenoxy) is 2. The standard InChI is InChI=1S/C25H33N5O2/c1-18-10-11-22(24(14-18)32-13-12-31-5)17-28-25(26-4)27-16-21-8-6-7-9-23(21)30-20(3)15-19(2)29-30/h6-11,14-15H,12-13,16-17H2,1-5H3,(H2,26,27,28). The predicted octanol–water partition coefficient (Wildman–Crippen LogP) is 3.69. The maximum Gasteiger partial charge on any atom is 0.191 e. The van der Waals surface area contributed by atoms with Crippen molar-refractivity contribution in [3.63, 3.8) is 0 Å². The third-order valence-corrected chi connectivity index (χ3v) is 5.11. The van der Waals surface area contributed by atoms with E-state index in [1.165, 1.54) is 0 Å². The summed E-state index contributed by atoms with van der Waals surface area (Å²) in [6.07, 6.45) is 0. The molecule has 7 nitrogen and oxygen atoms in total. The van der Waals surface area contributed by atoms with E-state index < -0.39 is 0 Å². The summed E-state index contributed by atoms with van der Waals surface area (Å²) in [4.78, 5) is 4.38. The average molecular weight is 436 g/mol. The Morgan fingerprint density at radius 3 is 2.41 bits per heavy atom. The molecule has 0 aliphatic carbocycles. The third-order valence-electron chi connectivity index (χ3n) is 5.11. The molecule has 0 atom stereocenters. The van der Waals surface area contributed by atoms with Gasteiger partial charge >= 0.3 is 0 Å². The zero-order valence-electron chi connectivity index (χ0n) is 19.6. The van der Waals surface area contributed by atoms with Gasteiger partial charge in [0.25, 0.3) is 0 Å². The van der Waals surface area contributed by atoms with Gasteiger partial charge in [-0.1, -0.05) is 30.3 Å². The molecule has 7 heteroatoms. The normalized spacial score (nSPS) is 11.5. The monoisotopic (exact) mass is 435 g/mol. The summed E-state index contributed by atoms with van der Waals surface area (Å²) < 4.78 is 13.0. The van der Waals surface area contributed by atoms with E-state index in [1.807, 2.05) is 29.8 Å². The Balaban J connectivity index is 1.65. The van der Waals surface area contributed by atoms with Crippen molar-refractivity contribution in [3.05, 3.63) is 76.6 Å². The van der Waals surface area contributed by atoms with Gasteiger partial charge in [-0.25, -0.2) is 4.68 Å². The highest BCUT2D eigenvalue weighted by atomic mass is 16.5. The fourth-order valence-electron chi connectivity index (χ4n) is 3.50. The summed E-state index contributed by atoms with van der Waals surface area (Å²) in [6, 6.07) is 16.6. The van der Waals surface area contributed by atoms with Crippen LogP contribution in [0.15, 0.2) is 53.5 Å². The van der Waals surface area contributed by atoms with Crippen molar-refractivity contribution in [2.75, 3.05) is 27.4 Å². The summed E-state index contributed by atoms with van der Waals surface area (Å²) in [6.45, 7) is 8.43. The molecule has 3 aromatic rings. The lowest BCUT2D eigenvalue weighted by molar-refractivity contribution is 0.145. The Labute approximate surface area is 190 Å². The Morgan fingerprint density at radius 2 is 1.72 bits per heavy atom. The maximum atomic E-state index is 5.90. The molecule has 0 saturated carbocycles. The van der Waals surface area contributed by atoms with Crippen molar-refractivity contribution in [2.24, 2.45) is 4.99 Å². The first-order chi connectivity index (χ1) is 15.5. The maximum absolute atomic E-state index is 5.90. The minimum Gasteiger partial charge on any atom is -0.491 e. The van der Waals surface area contributed by atoms with Crippen LogP contribution in [-0.2, 0) is 17.8 Å². The topological polar surface area (TPSA) is 72.7 Å². The molecule has 0 amide bonds. The summed E-state index contributed by atoms with van der Waals surface area (Å²) in [5.41, 5.74) is 6.54. The van der Waals surface area contributed by atoms with Gasteiger partial charge in [-0.15, -0.1) is 0 Å². The summed E-state index contributed by atoms with van der Waals surface area (Å²) in [5, 5.41) is 11.4. The smallest absolute Gasteiger partial charge is 0.191 e. The summed E-state index contributed by atoms with van der Waals surface area (Å²) in [7, 11) is 3.44. The summed E-state index contributed by atoms with van der Waals surface area (Å²) in [5.74, 6) is 1.58. The van der Waals surface area contributed by atoms with E-state index in [2.05, 4.69) is 64.9 Å². The summed E-state index contributed by atoms with van der Waals surface area (Å²) >= 11 is 0. The number of nitrogens with one attached hydrogen (secondary N) is 2.